The van der Waals surface area contributed by atoms with Gasteiger partial charge in [0.1, 0.15) is 5.82 Å². The number of anilines is 1. The molecule has 0 spiro atoms. The summed E-state index contributed by atoms with van der Waals surface area (Å²) in [6, 6.07) is 8.16. The summed E-state index contributed by atoms with van der Waals surface area (Å²) in [6.45, 7) is 3.04. The maximum absolute atomic E-state index is 13.3. The van der Waals surface area contributed by atoms with Gasteiger partial charge in [-0.1, -0.05) is 17.7 Å². The second-order valence-electron chi connectivity index (χ2n) is 5.22. The standard InChI is InChI=1S/C16H16ClFN2O3S/c1-10-3-4-13(18)7-12(10)9-19-24(22,23)14-5-6-16(15(17)8-14)20-11(2)21/h3-8,19H,9H2,1-2H3,(H,20,21). The van der Waals surface area contributed by atoms with Crippen LogP contribution in [0.5, 0.6) is 0 Å². The van der Waals surface area contributed by atoms with Crippen LogP contribution < -0.4 is 10.0 Å². The van der Waals surface area contributed by atoms with Crippen molar-refractivity contribution in [2.45, 2.75) is 25.3 Å². The van der Waals surface area contributed by atoms with Gasteiger partial charge < -0.3 is 5.32 Å². The third kappa shape index (κ3) is 4.53. The molecule has 8 heteroatoms. The van der Waals surface area contributed by atoms with Crippen LogP contribution in [0, 0.1) is 12.7 Å². The monoisotopic (exact) mass is 370 g/mol. The highest BCUT2D eigenvalue weighted by Gasteiger charge is 2.16. The number of carbonyl (C=O) groups is 1. The van der Waals surface area contributed by atoms with Gasteiger partial charge in [-0.3, -0.25) is 4.79 Å². The molecule has 2 aromatic carbocycles. The molecule has 0 aliphatic carbocycles. The summed E-state index contributed by atoms with van der Waals surface area (Å²) in [6.07, 6.45) is 0. The lowest BCUT2D eigenvalue weighted by molar-refractivity contribution is -0.114. The van der Waals surface area contributed by atoms with E-state index in [9.17, 15) is 17.6 Å². The first kappa shape index (κ1) is 18.4. The van der Waals surface area contributed by atoms with Crippen LogP contribution in [0.15, 0.2) is 41.3 Å². The van der Waals surface area contributed by atoms with Crippen LogP contribution >= 0.6 is 11.6 Å². The maximum atomic E-state index is 13.3. The van der Waals surface area contributed by atoms with E-state index in [1.165, 1.54) is 37.3 Å². The van der Waals surface area contributed by atoms with Gasteiger partial charge in [0.25, 0.3) is 0 Å². The Morgan fingerprint density at radius 2 is 1.92 bits per heavy atom. The maximum Gasteiger partial charge on any atom is 0.240 e. The average molecular weight is 371 g/mol. The number of hydrogen-bond acceptors (Lipinski definition) is 3. The van der Waals surface area contributed by atoms with Crippen molar-refractivity contribution in [3.05, 3.63) is 58.4 Å². The Bertz CT molecular complexity index is 885. The van der Waals surface area contributed by atoms with Crippen molar-refractivity contribution in [1.82, 2.24) is 4.72 Å². The number of aryl methyl sites for hydroxylation is 1. The van der Waals surface area contributed by atoms with Crippen LogP contribution in [-0.4, -0.2) is 14.3 Å². The van der Waals surface area contributed by atoms with Gasteiger partial charge in [0.05, 0.1) is 15.6 Å². The van der Waals surface area contributed by atoms with Gasteiger partial charge in [0.2, 0.25) is 15.9 Å². The number of sulfonamides is 1. The van der Waals surface area contributed by atoms with E-state index in [0.29, 0.717) is 11.3 Å². The van der Waals surface area contributed by atoms with E-state index in [2.05, 4.69) is 10.0 Å². The van der Waals surface area contributed by atoms with Crippen LogP contribution in [0.3, 0.4) is 0 Å². The lowest BCUT2D eigenvalue weighted by atomic mass is 10.1. The first-order valence-electron chi connectivity index (χ1n) is 7.01. The summed E-state index contributed by atoms with van der Waals surface area (Å²) < 4.78 is 40.3. The van der Waals surface area contributed by atoms with E-state index in [-0.39, 0.29) is 22.4 Å². The van der Waals surface area contributed by atoms with Crippen LogP contribution in [0.25, 0.3) is 0 Å². The summed E-state index contributed by atoms with van der Waals surface area (Å²) in [5.41, 5.74) is 1.64. The molecule has 0 radical (unpaired) electrons. The van der Waals surface area contributed by atoms with Crippen LogP contribution in [0.1, 0.15) is 18.1 Å². The molecule has 0 atom stereocenters. The van der Waals surface area contributed by atoms with E-state index in [1.54, 1.807) is 13.0 Å². The molecule has 5 nitrogen and oxygen atoms in total. The number of nitrogens with one attached hydrogen (secondary N) is 2. The molecular formula is C16H16ClFN2O3S. The molecule has 24 heavy (non-hydrogen) atoms. The Labute approximate surface area is 144 Å². The Morgan fingerprint density at radius 3 is 2.54 bits per heavy atom. The second kappa shape index (κ2) is 7.29. The van der Waals surface area contributed by atoms with Gasteiger partial charge in [0, 0.05) is 13.5 Å². The molecule has 0 saturated heterocycles. The fourth-order valence-electron chi connectivity index (χ4n) is 2.04. The van der Waals surface area contributed by atoms with E-state index < -0.39 is 15.8 Å². The quantitative estimate of drug-likeness (QED) is 0.848. The molecule has 2 aromatic rings. The Morgan fingerprint density at radius 1 is 1.21 bits per heavy atom. The molecule has 2 rings (SSSR count). The number of rotatable bonds is 5. The molecule has 0 heterocycles. The van der Waals surface area contributed by atoms with Crippen molar-refractivity contribution in [3.63, 3.8) is 0 Å². The number of carbonyl (C=O) groups excluding carboxylic acids is 1. The topological polar surface area (TPSA) is 75.3 Å². The van der Waals surface area contributed by atoms with Crippen molar-refractivity contribution in [1.29, 1.82) is 0 Å². The molecule has 0 saturated carbocycles. The van der Waals surface area contributed by atoms with Crippen molar-refractivity contribution < 1.29 is 17.6 Å². The molecule has 0 aliphatic rings. The zero-order valence-corrected chi connectivity index (χ0v) is 14.6. The molecule has 0 bridgehead atoms. The van der Waals surface area contributed by atoms with Crippen molar-refractivity contribution in [2.24, 2.45) is 0 Å². The van der Waals surface area contributed by atoms with Crippen molar-refractivity contribution in [3.8, 4) is 0 Å². The Kier molecular flexibility index (Phi) is 5.58. The lowest BCUT2D eigenvalue weighted by Gasteiger charge is -2.11. The zero-order valence-electron chi connectivity index (χ0n) is 13.1. The minimum absolute atomic E-state index is 0.0446. The molecule has 0 fully saturated rings. The molecule has 0 unspecified atom stereocenters. The minimum Gasteiger partial charge on any atom is -0.325 e. The van der Waals surface area contributed by atoms with E-state index in [4.69, 9.17) is 11.6 Å². The summed E-state index contributed by atoms with van der Waals surface area (Å²) in [7, 11) is -3.83. The van der Waals surface area contributed by atoms with Crippen molar-refractivity contribution in [2.75, 3.05) is 5.32 Å². The molecular weight excluding hydrogens is 355 g/mol. The van der Waals surface area contributed by atoms with Gasteiger partial charge in [-0.2, -0.15) is 0 Å². The largest absolute Gasteiger partial charge is 0.325 e. The highest BCUT2D eigenvalue weighted by molar-refractivity contribution is 7.89. The highest BCUT2D eigenvalue weighted by atomic mass is 35.5. The van der Waals surface area contributed by atoms with Crippen LogP contribution in [-0.2, 0) is 21.4 Å². The number of benzene rings is 2. The van der Waals surface area contributed by atoms with E-state index in [1.807, 2.05) is 0 Å². The first-order chi connectivity index (χ1) is 11.2. The molecule has 0 aliphatic heterocycles. The van der Waals surface area contributed by atoms with E-state index in [0.717, 1.165) is 5.56 Å². The second-order valence-corrected chi connectivity index (χ2v) is 7.39. The van der Waals surface area contributed by atoms with Gasteiger partial charge in [-0.05, 0) is 48.4 Å². The fraction of sp³-hybridized carbons (Fsp3) is 0.188. The summed E-state index contributed by atoms with van der Waals surface area (Å²) in [5.74, 6) is -0.746. The van der Waals surface area contributed by atoms with Crippen LogP contribution in [0.2, 0.25) is 5.02 Å². The molecule has 1 amide bonds. The van der Waals surface area contributed by atoms with Crippen LogP contribution in [0.4, 0.5) is 10.1 Å². The van der Waals surface area contributed by atoms with Gasteiger partial charge in [0.15, 0.2) is 0 Å². The van der Waals surface area contributed by atoms with Crippen molar-refractivity contribution >= 4 is 33.2 Å². The Balaban J connectivity index is 2.20. The summed E-state index contributed by atoms with van der Waals surface area (Å²) in [5, 5.41) is 2.60. The number of hydrogen-bond donors (Lipinski definition) is 2. The third-order valence-electron chi connectivity index (χ3n) is 3.33. The average Bonchev–Trinajstić information content (AvgIpc) is 2.50. The SMILES string of the molecule is CC(=O)Nc1ccc(S(=O)(=O)NCc2cc(F)ccc2C)cc1Cl. The molecule has 2 N–H and O–H groups in total. The van der Waals surface area contributed by atoms with Gasteiger partial charge in [-0.15, -0.1) is 0 Å². The predicted molar refractivity (Wildman–Crippen MR) is 90.9 cm³/mol. The normalized spacial score (nSPS) is 11.3. The minimum atomic E-state index is -3.83. The molecule has 0 aromatic heterocycles. The molecule has 128 valence electrons. The highest BCUT2D eigenvalue weighted by Crippen LogP contribution is 2.25. The predicted octanol–water partition coefficient (Wildman–Crippen LogP) is 3.22. The fourth-order valence-corrected chi connectivity index (χ4v) is 3.37. The summed E-state index contributed by atoms with van der Waals surface area (Å²) in [4.78, 5) is 11.0. The van der Waals surface area contributed by atoms with E-state index >= 15 is 0 Å². The van der Waals surface area contributed by atoms with Gasteiger partial charge in [-0.25, -0.2) is 17.5 Å². The lowest BCUT2D eigenvalue weighted by Crippen LogP contribution is -2.23. The summed E-state index contributed by atoms with van der Waals surface area (Å²) >= 11 is 5.99. The zero-order chi connectivity index (χ0) is 17.9. The number of halogens is 2. The smallest absolute Gasteiger partial charge is 0.240 e. The Hall–Kier alpha value is -1.96. The van der Waals surface area contributed by atoms with Gasteiger partial charge >= 0.3 is 0 Å². The number of amides is 1. The first-order valence-corrected chi connectivity index (χ1v) is 8.87. The third-order valence-corrected chi connectivity index (χ3v) is 5.04.